The van der Waals surface area contributed by atoms with Crippen molar-refractivity contribution in [2.45, 2.75) is 26.3 Å². The SMILES string of the molecule is COCc1cc(-c2nnc3c4ccccc4c(OCc4ccc(C(=O)NCC(C)F)cn4)nn23)no1. The summed E-state index contributed by atoms with van der Waals surface area (Å²) in [5, 5.41) is 21.3. The number of methoxy groups -OCH3 is 1. The molecule has 0 aliphatic carbocycles. The lowest BCUT2D eigenvalue weighted by atomic mass is 10.2. The number of aromatic nitrogens is 6. The number of nitrogens with zero attached hydrogens (tertiary/aromatic N) is 6. The fourth-order valence-electron chi connectivity index (χ4n) is 3.57. The molecule has 5 rings (SSSR count). The van der Waals surface area contributed by atoms with Crippen molar-refractivity contribution in [2.24, 2.45) is 0 Å². The number of carbonyl (C=O) groups excluding carboxylic acids is 1. The minimum Gasteiger partial charge on any atom is -0.470 e. The van der Waals surface area contributed by atoms with Crippen molar-refractivity contribution in [2.75, 3.05) is 13.7 Å². The van der Waals surface area contributed by atoms with E-state index in [1.54, 1.807) is 29.8 Å². The number of nitrogens with one attached hydrogen (secondary N) is 1. The number of carbonyl (C=O) groups is 1. The Balaban J connectivity index is 1.42. The number of alkyl halides is 1. The van der Waals surface area contributed by atoms with Gasteiger partial charge in [0.1, 0.15) is 19.4 Å². The molecule has 11 nitrogen and oxygen atoms in total. The van der Waals surface area contributed by atoms with Crippen LogP contribution in [0.25, 0.3) is 27.9 Å². The molecular formula is C24H22FN7O4. The molecule has 1 atom stereocenters. The van der Waals surface area contributed by atoms with E-state index in [1.165, 1.54) is 13.1 Å². The lowest BCUT2D eigenvalue weighted by Gasteiger charge is -2.10. The molecule has 0 saturated heterocycles. The number of benzene rings is 1. The number of ether oxygens (including phenoxy) is 2. The first-order chi connectivity index (χ1) is 17.5. The molecule has 184 valence electrons. The van der Waals surface area contributed by atoms with Crippen LogP contribution in [-0.2, 0) is 18.0 Å². The fraction of sp³-hybridized carbons (Fsp3) is 0.250. The maximum absolute atomic E-state index is 13.0. The second-order valence-electron chi connectivity index (χ2n) is 8.04. The first-order valence-electron chi connectivity index (χ1n) is 11.1. The van der Waals surface area contributed by atoms with Gasteiger partial charge in [-0.1, -0.05) is 23.4 Å². The van der Waals surface area contributed by atoms with Gasteiger partial charge in [0.05, 0.1) is 11.3 Å². The predicted octanol–water partition coefficient (Wildman–Crippen LogP) is 3.14. The van der Waals surface area contributed by atoms with Crippen molar-refractivity contribution in [3.63, 3.8) is 0 Å². The standard InChI is InChI=1S/C24H22FN7O4/c1-14(25)10-27-23(33)15-7-8-16(26-11-15)12-35-24-19-6-4-3-5-18(19)21-28-29-22(32(21)30-24)20-9-17(13-34-2)36-31-20/h3-9,11,14H,10,12-13H2,1-2H3,(H,27,33). The van der Waals surface area contributed by atoms with Crippen LogP contribution < -0.4 is 10.1 Å². The Kier molecular flexibility index (Phi) is 6.50. The van der Waals surface area contributed by atoms with Crippen molar-refractivity contribution >= 4 is 22.3 Å². The van der Waals surface area contributed by atoms with Gasteiger partial charge >= 0.3 is 0 Å². The van der Waals surface area contributed by atoms with E-state index in [0.717, 1.165) is 10.8 Å². The highest BCUT2D eigenvalue weighted by Gasteiger charge is 2.19. The number of amides is 1. The Hall–Kier alpha value is -4.45. The van der Waals surface area contributed by atoms with E-state index in [9.17, 15) is 9.18 Å². The molecule has 0 aliphatic rings. The molecule has 5 aromatic rings. The molecule has 0 bridgehead atoms. The maximum atomic E-state index is 13.0. The van der Waals surface area contributed by atoms with E-state index in [-0.39, 0.29) is 25.7 Å². The molecule has 4 heterocycles. The number of pyridine rings is 1. The van der Waals surface area contributed by atoms with E-state index in [1.807, 2.05) is 24.3 Å². The third-order valence-corrected chi connectivity index (χ3v) is 5.29. The molecule has 4 aromatic heterocycles. The Morgan fingerprint density at radius 2 is 2.00 bits per heavy atom. The van der Waals surface area contributed by atoms with Crippen molar-refractivity contribution in [1.29, 1.82) is 0 Å². The van der Waals surface area contributed by atoms with Gasteiger partial charge in [0.2, 0.25) is 11.7 Å². The molecule has 0 fully saturated rings. The van der Waals surface area contributed by atoms with Crippen LogP contribution in [0, 0.1) is 0 Å². The molecular weight excluding hydrogens is 469 g/mol. The van der Waals surface area contributed by atoms with Crippen LogP contribution in [0.2, 0.25) is 0 Å². The van der Waals surface area contributed by atoms with Gasteiger partial charge in [0.15, 0.2) is 17.1 Å². The van der Waals surface area contributed by atoms with Crippen LogP contribution in [-0.4, -0.2) is 55.7 Å². The Labute approximate surface area is 204 Å². The number of hydrogen-bond acceptors (Lipinski definition) is 9. The zero-order valence-corrected chi connectivity index (χ0v) is 19.5. The highest BCUT2D eigenvalue weighted by molar-refractivity contribution is 5.97. The summed E-state index contributed by atoms with van der Waals surface area (Å²) in [5.74, 6) is 0.895. The largest absolute Gasteiger partial charge is 0.470 e. The summed E-state index contributed by atoms with van der Waals surface area (Å²) in [6, 6.07) is 12.6. The summed E-state index contributed by atoms with van der Waals surface area (Å²) in [7, 11) is 1.57. The van der Waals surface area contributed by atoms with Crippen LogP contribution in [0.3, 0.4) is 0 Å². The lowest BCUT2D eigenvalue weighted by Crippen LogP contribution is -2.29. The number of fused-ring (bicyclic) bond motifs is 3. The summed E-state index contributed by atoms with van der Waals surface area (Å²) in [5.41, 5.74) is 1.92. The normalized spacial score (nSPS) is 12.2. The third-order valence-electron chi connectivity index (χ3n) is 5.29. The smallest absolute Gasteiger partial charge is 0.252 e. The summed E-state index contributed by atoms with van der Waals surface area (Å²) in [6.07, 6.45) is 0.295. The van der Waals surface area contributed by atoms with Crippen molar-refractivity contribution in [3.05, 3.63) is 65.7 Å². The quantitative estimate of drug-likeness (QED) is 0.330. The molecule has 1 amide bonds. The molecule has 0 aliphatic heterocycles. The Bertz CT molecular complexity index is 1510. The van der Waals surface area contributed by atoms with Gasteiger partial charge in [-0.3, -0.25) is 9.78 Å². The van der Waals surface area contributed by atoms with E-state index >= 15 is 0 Å². The first-order valence-corrected chi connectivity index (χ1v) is 11.1. The van der Waals surface area contributed by atoms with Crippen LogP contribution in [0.15, 0.2) is 53.2 Å². The van der Waals surface area contributed by atoms with E-state index in [4.69, 9.17) is 14.0 Å². The first kappa shape index (κ1) is 23.3. The molecule has 0 radical (unpaired) electrons. The van der Waals surface area contributed by atoms with Crippen molar-refractivity contribution in [3.8, 4) is 17.4 Å². The second kappa shape index (κ2) is 10.0. The average molecular weight is 491 g/mol. The van der Waals surface area contributed by atoms with E-state index < -0.39 is 6.17 Å². The van der Waals surface area contributed by atoms with Gasteiger partial charge in [0, 0.05) is 36.7 Å². The third kappa shape index (κ3) is 4.70. The Morgan fingerprint density at radius 1 is 1.17 bits per heavy atom. The number of halogens is 1. The summed E-state index contributed by atoms with van der Waals surface area (Å²) in [4.78, 5) is 16.4. The minimum absolute atomic E-state index is 0.0575. The van der Waals surface area contributed by atoms with Gasteiger partial charge in [-0.25, -0.2) is 4.39 Å². The monoisotopic (exact) mass is 491 g/mol. The number of rotatable bonds is 9. The van der Waals surface area contributed by atoms with Crippen LogP contribution in [0.5, 0.6) is 5.88 Å². The molecule has 1 unspecified atom stereocenters. The maximum Gasteiger partial charge on any atom is 0.252 e. The minimum atomic E-state index is -1.13. The summed E-state index contributed by atoms with van der Waals surface area (Å²) < 4.78 is 30.9. The topological polar surface area (TPSA) is 130 Å². The molecule has 1 aromatic carbocycles. The lowest BCUT2D eigenvalue weighted by molar-refractivity contribution is 0.0943. The van der Waals surface area contributed by atoms with Crippen LogP contribution >= 0.6 is 0 Å². The zero-order chi connectivity index (χ0) is 25.1. The van der Waals surface area contributed by atoms with Crippen molar-refractivity contribution < 1.29 is 23.2 Å². The van der Waals surface area contributed by atoms with E-state index in [0.29, 0.717) is 40.1 Å². The second-order valence-corrected chi connectivity index (χ2v) is 8.04. The molecule has 0 saturated carbocycles. The summed E-state index contributed by atoms with van der Waals surface area (Å²) >= 11 is 0. The highest BCUT2D eigenvalue weighted by atomic mass is 19.1. The van der Waals surface area contributed by atoms with Crippen LogP contribution in [0.1, 0.15) is 28.7 Å². The van der Waals surface area contributed by atoms with Gasteiger partial charge in [-0.05, 0) is 25.1 Å². The molecule has 1 N–H and O–H groups in total. The van der Waals surface area contributed by atoms with Gasteiger partial charge in [-0.2, -0.15) is 4.52 Å². The fourth-order valence-corrected chi connectivity index (χ4v) is 3.57. The number of hydrogen-bond donors (Lipinski definition) is 1. The Morgan fingerprint density at radius 3 is 2.75 bits per heavy atom. The molecule has 36 heavy (non-hydrogen) atoms. The van der Waals surface area contributed by atoms with E-state index in [2.05, 4.69) is 30.8 Å². The average Bonchev–Trinajstić information content (AvgIpc) is 3.53. The van der Waals surface area contributed by atoms with Gasteiger partial charge in [-0.15, -0.1) is 15.3 Å². The van der Waals surface area contributed by atoms with Crippen molar-refractivity contribution in [1.82, 2.24) is 35.3 Å². The van der Waals surface area contributed by atoms with Gasteiger partial charge in [0.25, 0.3) is 5.91 Å². The summed E-state index contributed by atoms with van der Waals surface area (Å²) in [6.45, 7) is 1.70. The predicted molar refractivity (Wildman–Crippen MR) is 126 cm³/mol. The highest BCUT2D eigenvalue weighted by Crippen LogP contribution is 2.29. The zero-order valence-electron chi connectivity index (χ0n) is 19.5. The van der Waals surface area contributed by atoms with Gasteiger partial charge < -0.3 is 19.3 Å². The van der Waals surface area contributed by atoms with Crippen LogP contribution in [0.4, 0.5) is 4.39 Å². The molecule has 12 heteroatoms. The molecule has 0 spiro atoms.